The number of nitrogens with zero attached hydrogens (tertiary/aromatic N) is 2. The van der Waals surface area contributed by atoms with E-state index in [0.29, 0.717) is 5.92 Å². The molecule has 2 aliphatic carbocycles. The van der Waals surface area contributed by atoms with Crippen LogP contribution in [0.2, 0.25) is 0 Å². The quantitative estimate of drug-likeness (QED) is 0.330. The van der Waals surface area contributed by atoms with E-state index in [-0.39, 0.29) is 46.0 Å². The predicted octanol–water partition coefficient (Wildman–Crippen LogP) is -0.668. The van der Waals surface area contributed by atoms with E-state index in [2.05, 4.69) is 28.4 Å². The van der Waals surface area contributed by atoms with Crippen molar-refractivity contribution in [2.75, 3.05) is 0 Å². The Morgan fingerprint density at radius 1 is 0.938 bits per heavy atom. The maximum Gasteiger partial charge on any atom is 1.00 e. The summed E-state index contributed by atoms with van der Waals surface area (Å²) in [6.07, 6.45) is 20.7. The van der Waals surface area contributed by atoms with Crippen LogP contribution in [0, 0.1) is 17.9 Å². The molecule has 2 radical (unpaired) electrons. The van der Waals surface area contributed by atoms with Crippen LogP contribution in [0.5, 0.6) is 0 Å². The largest absolute Gasteiger partial charge is 1.00 e. The van der Waals surface area contributed by atoms with Gasteiger partial charge >= 0.3 is 27.7 Å². The fraction of sp³-hybridized carbons (Fsp3) is 0.167. The predicted molar refractivity (Wildman–Crippen MR) is 59.2 cm³/mol. The molecule has 0 amide bonds. The van der Waals surface area contributed by atoms with Gasteiger partial charge in [-0.2, -0.15) is 10.2 Å². The molecule has 2 rings (SSSR count). The molecule has 1 atom stereocenters. The molecule has 0 bridgehead atoms. The number of halogens is 1. The Hall–Kier alpha value is -0.475. The van der Waals surface area contributed by atoms with Crippen LogP contribution in [0.25, 0.3) is 0 Å². The first-order valence-electron chi connectivity index (χ1n) is 4.63. The van der Waals surface area contributed by atoms with Crippen molar-refractivity contribution in [2.45, 2.75) is 0 Å². The monoisotopic (exact) mass is 420 g/mol. The minimum Gasteiger partial charge on any atom is -1.00 e. The second-order valence-corrected chi connectivity index (χ2v) is 3.12. The molecule has 0 spiro atoms. The van der Waals surface area contributed by atoms with Crippen molar-refractivity contribution in [1.29, 1.82) is 0 Å². The summed E-state index contributed by atoms with van der Waals surface area (Å²) in [6, 6.07) is 0. The molecule has 0 aromatic rings. The summed E-state index contributed by atoms with van der Waals surface area (Å²) in [4.78, 5) is 0. The minimum absolute atomic E-state index is 0. The minimum atomic E-state index is 0. The van der Waals surface area contributed by atoms with Crippen molar-refractivity contribution >= 4 is 12.4 Å². The van der Waals surface area contributed by atoms with Gasteiger partial charge in [-0.15, -0.1) is 0 Å². The average molecular weight is 419 g/mol. The van der Waals surface area contributed by atoms with E-state index >= 15 is 0 Å². The van der Waals surface area contributed by atoms with E-state index in [1.54, 1.807) is 6.21 Å². The molecule has 0 saturated heterocycles. The molecule has 16 heavy (non-hydrogen) atoms. The van der Waals surface area contributed by atoms with Crippen molar-refractivity contribution in [1.82, 2.24) is 0 Å². The van der Waals surface area contributed by atoms with Gasteiger partial charge in [0, 0.05) is 24.3 Å². The summed E-state index contributed by atoms with van der Waals surface area (Å²) >= 11 is 0. The van der Waals surface area contributed by atoms with Gasteiger partial charge in [0.1, 0.15) is 0 Å². The van der Waals surface area contributed by atoms with E-state index in [4.69, 9.17) is 0 Å². The summed E-state index contributed by atoms with van der Waals surface area (Å²) in [5, 5.41) is 7.93. The number of hydrogen-bond donors (Lipinski definition) is 0. The van der Waals surface area contributed by atoms with E-state index in [9.17, 15) is 0 Å². The summed E-state index contributed by atoms with van der Waals surface area (Å²) in [7, 11) is 0. The number of allylic oxidation sites excluding steroid dienone is 8. The van der Waals surface area contributed by atoms with E-state index < -0.39 is 0 Å². The zero-order valence-corrected chi connectivity index (χ0v) is 15.1. The van der Waals surface area contributed by atoms with Crippen LogP contribution >= 0.6 is 0 Å². The van der Waals surface area contributed by atoms with E-state index in [0.717, 1.165) is 0 Å². The first-order chi connectivity index (χ1) is 6.95. The normalized spacial score (nSPS) is 18.8. The zero-order chi connectivity index (χ0) is 9.64. The molecule has 4 heteroatoms. The van der Waals surface area contributed by atoms with Crippen LogP contribution in [-0.4, -0.2) is 12.4 Å². The first-order valence-corrected chi connectivity index (χ1v) is 4.63. The summed E-state index contributed by atoms with van der Waals surface area (Å²) < 4.78 is 0. The third kappa shape index (κ3) is 5.04. The van der Waals surface area contributed by atoms with Gasteiger partial charge in [-0.3, -0.25) is 0 Å². The molecule has 2 nitrogen and oxygen atoms in total. The number of rotatable bonds is 3. The summed E-state index contributed by atoms with van der Waals surface area (Å²) in [5.41, 5.74) is 0. The van der Waals surface area contributed by atoms with Crippen molar-refractivity contribution < 1.29 is 40.1 Å². The van der Waals surface area contributed by atoms with Crippen LogP contribution in [0.1, 0.15) is 0 Å². The van der Waals surface area contributed by atoms with Crippen LogP contribution in [0.3, 0.4) is 0 Å². The molecular weight excluding hydrogens is 408 g/mol. The van der Waals surface area contributed by atoms with Crippen LogP contribution < -0.4 is 12.4 Å². The molecule has 78 valence electrons. The Kier molecular flexibility index (Phi) is 8.39. The summed E-state index contributed by atoms with van der Waals surface area (Å²) in [5.74, 6) is 0.507. The second kappa shape index (κ2) is 8.65. The van der Waals surface area contributed by atoms with Gasteiger partial charge in [-0.25, -0.2) is 0 Å². The Morgan fingerprint density at radius 2 is 1.62 bits per heavy atom. The van der Waals surface area contributed by atoms with Crippen molar-refractivity contribution in [3.8, 4) is 0 Å². The molecule has 0 saturated carbocycles. The van der Waals surface area contributed by atoms with Gasteiger partial charge in [-0.05, 0) is 6.08 Å². The molecule has 0 N–H and O–H groups in total. The molecule has 0 aromatic carbocycles. The Morgan fingerprint density at radius 3 is 2.25 bits per heavy atom. The molecule has 0 aromatic heterocycles. The molecule has 0 fully saturated rings. The standard InChI is InChI=1S/C12H11N2.ClH.Hg/c1-2-6-11(5-1)9-13-14-10-12-7-3-4-8-12;;/h1-7,9-12H;1H;/q;;+1/p-1/b13-9-,14-10-;;. The van der Waals surface area contributed by atoms with Crippen molar-refractivity contribution in [3.63, 3.8) is 0 Å². The molecule has 0 aliphatic heterocycles. The first kappa shape index (κ1) is 15.5. The van der Waals surface area contributed by atoms with E-state index in [1.807, 2.05) is 36.6 Å². The van der Waals surface area contributed by atoms with Gasteiger partial charge in [-0.1, -0.05) is 42.5 Å². The Bertz CT molecular complexity index is 307. The molecule has 0 heterocycles. The average Bonchev–Trinajstić information content (AvgIpc) is 2.86. The fourth-order valence-corrected chi connectivity index (χ4v) is 1.26. The van der Waals surface area contributed by atoms with Gasteiger partial charge in [0.05, 0.1) is 0 Å². The van der Waals surface area contributed by atoms with Crippen LogP contribution in [0.4, 0.5) is 0 Å². The van der Waals surface area contributed by atoms with E-state index in [1.165, 1.54) is 0 Å². The summed E-state index contributed by atoms with van der Waals surface area (Å²) in [6.45, 7) is 0. The molecule has 1 unspecified atom stereocenters. The maximum absolute atomic E-state index is 3.97. The molecular formula is C12H11ClHgN2. The smallest absolute Gasteiger partial charge is 1.00 e. The van der Waals surface area contributed by atoms with Crippen molar-refractivity contribution in [3.05, 3.63) is 48.6 Å². The van der Waals surface area contributed by atoms with Gasteiger partial charge in [0.15, 0.2) is 0 Å². The Balaban J connectivity index is 0.00000112. The molecule has 2 aliphatic rings. The fourth-order valence-electron chi connectivity index (χ4n) is 1.26. The third-order valence-corrected chi connectivity index (χ3v) is 2.01. The Labute approximate surface area is 123 Å². The SMILES string of the molecule is [C]1=CC=CC1/C=N\N=C/C1C=CC=C1.[Cl-].[Hg+]. The second-order valence-electron chi connectivity index (χ2n) is 3.12. The van der Waals surface area contributed by atoms with Gasteiger partial charge in [0.2, 0.25) is 0 Å². The zero-order valence-electron chi connectivity index (χ0n) is 8.83. The van der Waals surface area contributed by atoms with Gasteiger partial charge in [0.25, 0.3) is 0 Å². The van der Waals surface area contributed by atoms with Crippen LogP contribution in [0.15, 0.2) is 52.7 Å². The maximum atomic E-state index is 3.97. The topological polar surface area (TPSA) is 24.7 Å². The van der Waals surface area contributed by atoms with Gasteiger partial charge < -0.3 is 12.4 Å². The third-order valence-electron chi connectivity index (χ3n) is 2.01. The van der Waals surface area contributed by atoms with Crippen molar-refractivity contribution in [2.24, 2.45) is 22.0 Å². The van der Waals surface area contributed by atoms with Crippen LogP contribution in [-0.2, 0) is 27.7 Å². The number of hydrogen-bond acceptors (Lipinski definition) is 2.